The first-order chi connectivity index (χ1) is 10.5. The third kappa shape index (κ3) is 5.78. The first-order valence-corrected chi connectivity index (χ1v) is 8.57. The van der Waals surface area contributed by atoms with Gasteiger partial charge in [-0.05, 0) is 37.1 Å². The van der Waals surface area contributed by atoms with E-state index in [9.17, 15) is 5.11 Å². The van der Waals surface area contributed by atoms with Crippen molar-refractivity contribution in [3.8, 4) is 5.75 Å². The molecule has 0 saturated carbocycles. The summed E-state index contributed by atoms with van der Waals surface area (Å²) in [6.45, 7) is 1.90. The molecule has 0 amide bonds. The number of aryl methyl sites for hydroxylation is 1. The minimum absolute atomic E-state index is 0.0361. The van der Waals surface area contributed by atoms with Gasteiger partial charge >= 0.3 is 0 Å². The number of aromatic hydroxyl groups is 1. The van der Waals surface area contributed by atoms with Crippen molar-refractivity contribution in [3.63, 3.8) is 0 Å². The van der Waals surface area contributed by atoms with E-state index in [1.54, 1.807) is 24.6 Å². The maximum Gasteiger partial charge on any atom is 0.180 e. The summed E-state index contributed by atoms with van der Waals surface area (Å²) >= 11 is 2.58. The lowest BCUT2D eigenvalue weighted by molar-refractivity contribution is 0.473. The monoisotopic (exact) mass is 338 g/mol. The molecule has 0 bridgehead atoms. The topological polar surface area (TPSA) is 122 Å². The molecule has 0 aromatic heterocycles. The Hall–Kier alpha value is -2.00. The van der Waals surface area contributed by atoms with Crippen molar-refractivity contribution < 1.29 is 5.11 Å². The molecule has 0 unspecified atom stereocenters. The number of nitrogens with zero attached hydrogens (tertiary/aromatic N) is 4. The lowest BCUT2D eigenvalue weighted by Crippen LogP contribution is -2.04. The fraction of sp³-hybridized carbons (Fsp3) is 0.231. The lowest BCUT2D eigenvalue weighted by atomic mass is 10.1. The van der Waals surface area contributed by atoms with Gasteiger partial charge in [-0.1, -0.05) is 23.5 Å². The highest BCUT2D eigenvalue weighted by molar-refractivity contribution is 8.13. The van der Waals surface area contributed by atoms with Gasteiger partial charge in [0.2, 0.25) is 0 Å². The van der Waals surface area contributed by atoms with E-state index >= 15 is 0 Å². The molecule has 7 nitrogen and oxygen atoms in total. The molecule has 0 radical (unpaired) electrons. The van der Waals surface area contributed by atoms with Gasteiger partial charge in [0, 0.05) is 11.1 Å². The van der Waals surface area contributed by atoms with E-state index in [1.165, 1.54) is 36.0 Å². The van der Waals surface area contributed by atoms with Crippen LogP contribution in [-0.2, 0) is 0 Å². The molecular weight excluding hydrogens is 320 g/mol. The normalized spacial score (nSPS) is 13.4. The lowest BCUT2D eigenvalue weighted by Gasteiger charge is -2.04. The highest BCUT2D eigenvalue weighted by atomic mass is 32.2. The molecule has 1 aromatic carbocycles. The smallest absolute Gasteiger partial charge is 0.180 e. The Morgan fingerprint density at radius 2 is 1.41 bits per heavy atom. The number of thioether (sulfide) groups is 2. The van der Waals surface area contributed by atoms with Crippen LogP contribution in [0.3, 0.4) is 0 Å². The fourth-order valence-corrected chi connectivity index (χ4v) is 1.67. The zero-order chi connectivity index (χ0) is 16.5. The summed E-state index contributed by atoms with van der Waals surface area (Å²) in [7, 11) is 0. The molecule has 22 heavy (non-hydrogen) atoms. The van der Waals surface area contributed by atoms with Gasteiger partial charge < -0.3 is 16.6 Å². The summed E-state index contributed by atoms with van der Waals surface area (Å²) in [5, 5.41) is 26.1. The summed E-state index contributed by atoms with van der Waals surface area (Å²) in [5.41, 5.74) is 13.0. The van der Waals surface area contributed by atoms with E-state index in [-0.39, 0.29) is 5.75 Å². The average molecular weight is 338 g/mol. The molecule has 0 atom stereocenters. The van der Waals surface area contributed by atoms with E-state index in [0.29, 0.717) is 21.5 Å². The van der Waals surface area contributed by atoms with Crippen LogP contribution in [0, 0.1) is 6.92 Å². The number of benzene rings is 1. The van der Waals surface area contributed by atoms with Crippen LogP contribution < -0.4 is 11.5 Å². The van der Waals surface area contributed by atoms with Gasteiger partial charge in [-0.2, -0.15) is 10.2 Å². The summed E-state index contributed by atoms with van der Waals surface area (Å²) < 4.78 is 0. The Kier molecular flexibility index (Phi) is 7.47. The highest BCUT2D eigenvalue weighted by Gasteiger charge is 2.05. The van der Waals surface area contributed by atoms with Gasteiger partial charge in [-0.3, -0.25) is 0 Å². The summed E-state index contributed by atoms with van der Waals surface area (Å²) in [5.74, 6) is 0.0361. The molecule has 0 aliphatic carbocycles. The van der Waals surface area contributed by atoms with Gasteiger partial charge in [-0.15, -0.1) is 10.2 Å². The SMILES string of the molecule is CSC(N)=N/N=C\c1cc(C)cc(/C=N/N=C(N)SC)c1O. The molecule has 5 N–H and O–H groups in total. The third-order valence-electron chi connectivity index (χ3n) is 2.44. The van der Waals surface area contributed by atoms with Crippen LogP contribution >= 0.6 is 23.5 Å². The number of hydrogen-bond acceptors (Lipinski definition) is 7. The van der Waals surface area contributed by atoms with Gasteiger partial charge in [-0.25, -0.2) is 0 Å². The first-order valence-electron chi connectivity index (χ1n) is 6.12. The summed E-state index contributed by atoms with van der Waals surface area (Å²) in [6, 6.07) is 3.56. The molecule has 0 fully saturated rings. The van der Waals surface area contributed by atoms with Gasteiger partial charge in [0.1, 0.15) is 5.75 Å². The molecule has 0 aliphatic heterocycles. The number of rotatable bonds is 4. The van der Waals surface area contributed by atoms with Gasteiger partial charge in [0.25, 0.3) is 0 Å². The maximum absolute atomic E-state index is 10.2. The van der Waals surface area contributed by atoms with Crippen molar-refractivity contribution in [2.75, 3.05) is 12.5 Å². The molecule has 0 spiro atoms. The predicted octanol–water partition coefficient (Wildman–Crippen LogP) is 1.72. The van der Waals surface area contributed by atoms with Crippen LogP contribution in [-0.4, -0.2) is 40.4 Å². The Labute approximate surface area is 137 Å². The van der Waals surface area contributed by atoms with Crippen molar-refractivity contribution >= 4 is 46.3 Å². The second-order valence-electron chi connectivity index (χ2n) is 4.07. The van der Waals surface area contributed by atoms with Crippen molar-refractivity contribution in [2.24, 2.45) is 31.9 Å². The Balaban J connectivity index is 3.07. The van der Waals surface area contributed by atoms with Crippen molar-refractivity contribution in [1.82, 2.24) is 0 Å². The maximum atomic E-state index is 10.2. The number of phenolic OH excluding ortho intramolecular Hbond substituents is 1. The predicted molar refractivity (Wildman–Crippen MR) is 98.3 cm³/mol. The largest absolute Gasteiger partial charge is 0.507 e. The number of hydrogen-bond donors (Lipinski definition) is 3. The van der Waals surface area contributed by atoms with E-state index in [2.05, 4.69) is 20.4 Å². The average Bonchev–Trinajstić information content (AvgIpc) is 2.50. The van der Waals surface area contributed by atoms with Crippen molar-refractivity contribution in [2.45, 2.75) is 6.92 Å². The van der Waals surface area contributed by atoms with Gasteiger partial charge in [0.15, 0.2) is 10.3 Å². The van der Waals surface area contributed by atoms with E-state index in [0.717, 1.165) is 5.56 Å². The standard InChI is InChI=1S/C13H18N6OS2/c1-8-4-9(6-16-18-12(14)21-2)11(20)10(5-8)7-17-19-13(15)22-3/h4-7,20H,1-3H3,(H2,14,18)(H2,15,19)/b16-6-,17-7+. The first kappa shape index (κ1) is 18.1. The minimum Gasteiger partial charge on any atom is -0.507 e. The molecule has 0 aliphatic rings. The molecule has 0 saturated heterocycles. The summed E-state index contributed by atoms with van der Waals surface area (Å²) in [4.78, 5) is 0. The van der Waals surface area contributed by atoms with Crippen LogP contribution in [0.15, 0.2) is 32.5 Å². The molecule has 118 valence electrons. The van der Waals surface area contributed by atoms with E-state index in [4.69, 9.17) is 11.5 Å². The molecule has 9 heteroatoms. The van der Waals surface area contributed by atoms with Crippen molar-refractivity contribution in [3.05, 3.63) is 28.8 Å². The highest BCUT2D eigenvalue weighted by Crippen LogP contribution is 2.22. The Morgan fingerprint density at radius 1 is 1.00 bits per heavy atom. The van der Waals surface area contributed by atoms with Crippen LogP contribution in [0.1, 0.15) is 16.7 Å². The van der Waals surface area contributed by atoms with Crippen LogP contribution in [0.4, 0.5) is 0 Å². The molecule has 1 rings (SSSR count). The van der Waals surface area contributed by atoms with Crippen LogP contribution in [0.5, 0.6) is 5.75 Å². The Bertz CT molecular complexity index is 588. The number of nitrogens with two attached hydrogens (primary N) is 2. The van der Waals surface area contributed by atoms with E-state index in [1.807, 2.05) is 6.92 Å². The number of amidine groups is 2. The molecular formula is C13H18N6OS2. The third-order valence-corrected chi connectivity index (χ3v) is 3.44. The zero-order valence-corrected chi connectivity index (χ0v) is 14.1. The summed E-state index contributed by atoms with van der Waals surface area (Å²) in [6.07, 6.45) is 6.46. The number of phenols is 1. The fourth-order valence-electron chi connectivity index (χ4n) is 1.41. The Morgan fingerprint density at radius 3 is 1.77 bits per heavy atom. The van der Waals surface area contributed by atoms with Crippen LogP contribution in [0.2, 0.25) is 0 Å². The molecule has 0 heterocycles. The second kappa shape index (κ2) is 9.11. The quantitative estimate of drug-likeness (QED) is 0.438. The molecule has 1 aromatic rings. The van der Waals surface area contributed by atoms with Crippen molar-refractivity contribution in [1.29, 1.82) is 0 Å². The second-order valence-corrected chi connectivity index (χ2v) is 5.72. The van der Waals surface area contributed by atoms with E-state index < -0.39 is 0 Å². The minimum atomic E-state index is 0.0361. The van der Waals surface area contributed by atoms with Gasteiger partial charge in [0.05, 0.1) is 12.4 Å². The zero-order valence-electron chi connectivity index (χ0n) is 12.5. The van der Waals surface area contributed by atoms with Crippen LogP contribution in [0.25, 0.3) is 0 Å².